The first kappa shape index (κ1) is 13.2. The molecule has 4 heteroatoms. The molecule has 0 radical (unpaired) electrons. The quantitative estimate of drug-likeness (QED) is 0.891. The average Bonchev–Trinajstić information content (AvgIpc) is 2.81. The number of hydrogen-bond acceptors (Lipinski definition) is 4. The van der Waals surface area contributed by atoms with Crippen LogP contribution in [0.1, 0.15) is 25.8 Å². The number of methoxy groups -OCH3 is 1. The molecular weight excluding hydrogens is 232 g/mol. The fraction of sp³-hybridized carbons (Fsp3) is 0.571. The van der Waals surface area contributed by atoms with Gasteiger partial charge in [-0.25, -0.2) is 0 Å². The maximum Gasteiger partial charge on any atom is 0.161 e. The van der Waals surface area contributed by atoms with Crippen LogP contribution < -0.4 is 9.47 Å². The summed E-state index contributed by atoms with van der Waals surface area (Å²) in [4.78, 5) is 0. The van der Waals surface area contributed by atoms with Gasteiger partial charge in [-0.3, -0.25) is 0 Å². The lowest BCUT2D eigenvalue weighted by molar-refractivity contribution is 0.0781. The normalized spacial score (nSPS) is 19.9. The molecule has 1 aliphatic heterocycles. The third-order valence-corrected chi connectivity index (χ3v) is 3.05. The minimum absolute atomic E-state index is 0.0897. The Morgan fingerprint density at radius 1 is 1.33 bits per heavy atom. The van der Waals surface area contributed by atoms with Crippen LogP contribution in [0.2, 0.25) is 0 Å². The van der Waals surface area contributed by atoms with Crippen molar-refractivity contribution >= 4 is 0 Å². The highest BCUT2D eigenvalue weighted by Gasteiger charge is 2.21. The van der Waals surface area contributed by atoms with Crippen molar-refractivity contribution in [2.45, 2.75) is 32.0 Å². The van der Waals surface area contributed by atoms with E-state index in [0.717, 1.165) is 18.6 Å². The van der Waals surface area contributed by atoms with Gasteiger partial charge in [0.25, 0.3) is 0 Å². The van der Waals surface area contributed by atoms with Crippen molar-refractivity contribution in [2.75, 3.05) is 20.3 Å². The number of hydrogen-bond donors (Lipinski definition) is 1. The van der Waals surface area contributed by atoms with Crippen LogP contribution in [0.15, 0.2) is 18.2 Å². The summed E-state index contributed by atoms with van der Waals surface area (Å²) in [6.45, 7) is 4.85. The van der Waals surface area contributed by atoms with Crippen molar-refractivity contribution in [3.63, 3.8) is 0 Å². The molecule has 1 atom stereocenters. The Labute approximate surface area is 107 Å². The molecule has 4 nitrogen and oxygen atoms in total. The summed E-state index contributed by atoms with van der Waals surface area (Å²) in [5.74, 6) is 1.34. The van der Waals surface area contributed by atoms with Crippen molar-refractivity contribution < 1.29 is 19.3 Å². The minimum atomic E-state index is -0.887. The zero-order valence-corrected chi connectivity index (χ0v) is 11.1. The maximum atomic E-state index is 9.97. The molecule has 1 fully saturated rings. The molecule has 1 saturated heterocycles. The summed E-state index contributed by atoms with van der Waals surface area (Å²) < 4.78 is 16.4. The van der Waals surface area contributed by atoms with Gasteiger partial charge in [0.1, 0.15) is 6.10 Å². The van der Waals surface area contributed by atoms with Gasteiger partial charge in [0.2, 0.25) is 0 Å². The van der Waals surface area contributed by atoms with Gasteiger partial charge >= 0.3 is 0 Å². The summed E-state index contributed by atoms with van der Waals surface area (Å²) in [7, 11) is 1.60. The van der Waals surface area contributed by atoms with Crippen molar-refractivity contribution in [1.29, 1.82) is 0 Å². The molecule has 0 aliphatic carbocycles. The molecule has 1 aromatic carbocycles. The third-order valence-electron chi connectivity index (χ3n) is 3.05. The van der Waals surface area contributed by atoms with Crippen molar-refractivity contribution in [3.8, 4) is 11.5 Å². The predicted octanol–water partition coefficient (Wildman–Crippen LogP) is 2.09. The highest BCUT2D eigenvalue weighted by Crippen LogP contribution is 2.33. The zero-order valence-electron chi connectivity index (χ0n) is 11.1. The maximum absolute atomic E-state index is 9.97. The Bertz CT molecular complexity index is 403. The number of rotatable bonds is 4. The summed E-state index contributed by atoms with van der Waals surface area (Å²) in [5.41, 5.74) is -0.0863. The second kappa shape index (κ2) is 5.16. The molecule has 0 aromatic heterocycles. The topological polar surface area (TPSA) is 47.9 Å². The molecule has 100 valence electrons. The molecule has 0 spiro atoms. The molecule has 0 saturated carbocycles. The Hall–Kier alpha value is -1.26. The Balaban J connectivity index is 2.20. The van der Waals surface area contributed by atoms with Gasteiger partial charge in [-0.2, -0.15) is 0 Å². The number of ether oxygens (including phenoxy) is 3. The van der Waals surface area contributed by atoms with Crippen LogP contribution in [0.5, 0.6) is 11.5 Å². The van der Waals surface area contributed by atoms with Crippen LogP contribution in [-0.2, 0) is 10.3 Å². The first-order valence-corrected chi connectivity index (χ1v) is 6.16. The lowest BCUT2D eigenvalue weighted by Gasteiger charge is -2.21. The molecule has 2 rings (SSSR count). The van der Waals surface area contributed by atoms with E-state index >= 15 is 0 Å². The van der Waals surface area contributed by atoms with Crippen molar-refractivity contribution in [1.82, 2.24) is 0 Å². The van der Waals surface area contributed by atoms with Crippen molar-refractivity contribution in [2.24, 2.45) is 0 Å². The second-order valence-corrected chi connectivity index (χ2v) is 5.03. The highest BCUT2D eigenvalue weighted by molar-refractivity contribution is 5.44. The van der Waals surface area contributed by atoms with E-state index in [4.69, 9.17) is 14.2 Å². The Morgan fingerprint density at radius 3 is 2.67 bits per heavy atom. The molecule has 0 bridgehead atoms. The van der Waals surface area contributed by atoms with Crippen LogP contribution in [0.25, 0.3) is 0 Å². The summed E-state index contributed by atoms with van der Waals surface area (Å²) in [5, 5.41) is 9.97. The highest BCUT2D eigenvalue weighted by atomic mass is 16.6. The molecule has 0 amide bonds. The van der Waals surface area contributed by atoms with Crippen molar-refractivity contribution in [3.05, 3.63) is 23.8 Å². The molecule has 1 N–H and O–H groups in total. The van der Waals surface area contributed by atoms with Gasteiger partial charge in [-0.15, -0.1) is 0 Å². The number of aliphatic hydroxyl groups is 1. The van der Waals surface area contributed by atoms with E-state index in [1.54, 1.807) is 21.0 Å². The molecule has 1 heterocycles. The first-order valence-electron chi connectivity index (χ1n) is 6.16. The van der Waals surface area contributed by atoms with Crippen LogP contribution in [0, 0.1) is 0 Å². The largest absolute Gasteiger partial charge is 0.493 e. The van der Waals surface area contributed by atoms with E-state index in [1.165, 1.54) is 0 Å². The molecule has 1 unspecified atom stereocenters. The summed E-state index contributed by atoms with van der Waals surface area (Å²) in [6, 6.07) is 5.50. The van der Waals surface area contributed by atoms with Gasteiger partial charge < -0.3 is 19.3 Å². The minimum Gasteiger partial charge on any atom is -0.493 e. The SMILES string of the molecule is COc1cc(C(C)(C)O)ccc1OC1CCOC1. The summed E-state index contributed by atoms with van der Waals surface area (Å²) >= 11 is 0. The molecule has 1 aliphatic rings. The van der Waals surface area contributed by atoms with E-state index < -0.39 is 5.60 Å². The van der Waals surface area contributed by atoms with Crippen LogP contribution >= 0.6 is 0 Å². The smallest absolute Gasteiger partial charge is 0.161 e. The van der Waals surface area contributed by atoms with E-state index in [-0.39, 0.29) is 6.10 Å². The average molecular weight is 252 g/mol. The molecular formula is C14H20O4. The molecule has 18 heavy (non-hydrogen) atoms. The monoisotopic (exact) mass is 252 g/mol. The van der Waals surface area contributed by atoms with Gasteiger partial charge in [-0.1, -0.05) is 6.07 Å². The van der Waals surface area contributed by atoms with Gasteiger partial charge in [0.15, 0.2) is 11.5 Å². The van der Waals surface area contributed by atoms with Crippen LogP contribution in [0.4, 0.5) is 0 Å². The fourth-order valence-electron chi connectivity index (χ4n) is 1.93. The fourth-order valence-corrected chi connectivity index (χ4v) is 1.93. The second-order valence-electron chi connectivity index (χ2n) is 5.03. The van der Waals surface area contributed by atoms with E-state index in [0.29, 0.717) is 18.1 Å². The predicted molar refractivity (Wildman–Crippen MR) is 68.1 cm³/mol. The number of benzene rings is 1. The van der Waals surface area contributed by atoms with Gasteiger partial charge in [0.05, 0.1) is 25.9 Å². The zero-order chi connectivity index (χ0) is 13.2. The summed E-state index contributed by atoms with van der Waals surface area (Å²) in [6.07, 6.45) is 0.989. The third kappa shape index (κ3) is 2.94. The van der Waals surface area contributed by atoms with E-state index in [1.807, 2.05) is 18.2 Å². The molecule has 1 aromatic rings. The van der Waals surface area contributed by atoms with Crippen LogP contribution in [-0.4, -0.2) is 31.5 Å². The van der Waals surface area contributed by atoms with Gasteiger partial charge in [-0.05, 0) is 31.5 Å². The first-order chi connectivity index (χ1) is 8.50. The van der Waals surface area contributed by atoms with E-state index in [2.05, 4.69) is 0 Å². The lowest BCUT2D eigenvalue weighted by atomic mass is 9.98. The van der Waals surface area contributed by atoms with Crippen LogP contribution in [0.3, 0.4) is 0 Å². The Morgan fingerprint density at radius 2 is 2.11 bits per heavy atom. The Kier molecular flexibility index (Phi) is 3.78. The van der Waals surface area contributed by atoms with E-state index in [9.17, 15) is 5.11 Å². The lowest BCUT2D eigenvalue weighted by Crippen LogP contribution is -2.18. The standard InChI is InChI=1S/C14H20O4/c1-14(2,15)10-4-5-12(13(8-10)16-3)18-11-6-7-17-9-11/h4-5,8,11,15H,6-7,9H2,1-3H3. The van der Waals surface area contributed by atoms with Gasteiger partial charge in [0, 0.05) is 6.42 Å².